The van der Waals surface area contributed by atoms with E-state index in [9.17, 15) is 19.5 Å². The van der Waals surface area contributed by atoms with E-state index in [4.69, 9.17) is 9.72 Å². The predicted octanol–water partition coefficient (Wildman–Crippen LogP) is 5.25. The van der Waals surface area contributed by atoms with Crippen LogP contribution in [0.3, 0.4) is 0 Å². The lowest BCUT2D eigenvalue weighted by atomic mass is 9.62. The number of carbonyl (C=O) groups excluding carboxylic acids is 2. The Morgan fingerprint density at radius 1 is 1.02 bits per heavy atom. The molecule has 1 aliphatic heterocycles. The summed E-state index contributed by atoms with van der Waals surface area (Å²) in [6.45, 7) is 2.63. The molecule has 0 saturated carbocycles. The largest absolute Gasteiger partial charge is 0.478 e. The Morgan fingerprint density at radius 3 is 2.59 bits per heavy atom. The smallest absolute Gasteiger partial charge is 0.330 e. The molecule has 3 aromatic carbocycles. The maximum absolute atomic E-state index is 14.7. The zero-order chi connectivity index (χ0) is 31.6. The van der Waals surface area contributed by atoms with Crippen LogP contribution in [0.25, 0.3) is 34.3 Å². The van der Waals surface area contributed by atoms with Crippen LogP contribution in [0.5, 0.6) is 0 Å². The summed E-state index contributed by atoms with van der Waals surface area (Å²) in [5.41, 5.74) is 5.91. The summed E-state index contributed by atoms with van der Waals surface area (Å²) in [5.74, 6) is -1.70. The monoisotopic (exact) mass is 608 g/mol. The number of fused-ring (bicyclic) bond motifs is 2. The van der Waals surface area contributed by atoms with Gasteiger partial charge < -0.3 is 14.7 Å². The summed E-state index contributed by atoms with van der Waals surface area (Å²) in [6, 6.07) is 23.8. The lowest BCUT2D eigenvalue weighted by Crippen LogP contribution is -2.51. The van der Waals surface area contributed by atoms with E-state index in [0.717, 1.165) is 55.2 Å². The van der Waals surface area contributed by atoms with Crippen molar-refractivity contribution in [3.8, 4) is 0 Å². The molecule has 1 amide bonds. The van der Waals surface area contributed by atoms with Gasteiger partial charge in [-0.25, -0.2) is 9.78 Å². The average Bonchev–Trinajstić information content (AvgIpc) is 3.42. The summed E-state index contributed by atoms with van der Waals surface area (Å²) < 4.78 is 6.84. The van der Waals surface area contributed by atoms with Gasteiger partial charge in [-0.1, -0.05) is 79.7 Å². The number of pyridine rings is 1. The van der Waals surface area contributed by atoms with Gasteiger partial charge in [0.2, 0.25) is 0 Å². The van der Waals surface area contributed by atoms with E-state index in [-0.39, 0.29) is 23.9 Å². The Labute approximate surface area is 265 Å². The van der Waals surface area contributed by atoms with Crippen LogP contribution < -0.4 is 10.4 Å². The number of carboxylic acid groups (broad SMARTS) is 1. The van der Waals surface area contributed by atoms with Crippen molar-refractivity contribution in [2.45, 2.75) is 57.3 Å². The standard InChI is InChI=1S/C39H32N2O5/c1-2-39(46-22-23-8-4-3-5-9-23)20-29-28(16-14-24-12-13-25-15-17-32(42)36(39)35(25)34(24)29)38(45)41-21-27-18-26-10-6-7-11-30(26)40-37(27)31(41)19-33(43)44/h3-15,18-19,36H,2,16-17,20-22H2,1H3,(H,43,44). The van der Waals surface area contributed by atoms with Gasteiger partial charge in [0.25, 0.3) is 5.91 Å². The molecule has 2 atom stereocenters. The lowest BCUT2D eigenvalue weighted by molar-refractivity contribution is -0.134. The lowest BCUT2D eigenvalue weighted by Gasteiger charge is -2.47. The number of carbonyl (C=O) groups is 3. The SMILES string of the molecule is CCC1(OCc2ccccc2)CC2=C(C(=O)N3Cc4cc5ccccc5nc4C3=CC(=O)O)CC=c3ccc4c(c32)C1C(=O)CC=4. The first-order valence-corrected chi connectivity index (χ1v) is 15.8. The first-order valence-electron chi connectivity index (χ1n) is 15.8. The Hall–Kier alpha value is -5.14. The van der Waals surface area contributed by atoms with E-state index in [2.05, 4.69) is 25.1 Å². The number of hydrogen-bond acceptors (Lipinski definition) is 5. The summed E-state index contributed by atoms with van der Waals surface area (Å²) >= 11 is 0. The van der Waals surface area contributed by atoms with E-state index in [0.29, 0.717) is 43.6 Å². The molecule has 1 N–H and O–H groups in total. The molecule has 7 nitrogen and oxygen atoms in total. The minimum atomic E-state index is -1.14. The number of ether oxygens (including phenoxy) is 1. The number of amides is 1. The number of Topliss-reactive ketones (excluding diaryl/α,β-unsaturated/α-hetero) is 1. The summed E-state index contributed by atoms with van der Waals surface area (Å²) in [5, 5.41) is 12.8. The quantitative estimate of drug-likeness (QED) is 0.301. The van der Waals surface area contributed by atoms with Crippen LogP contribution in [0.1, 0.15) is 66.5 Å². The third kappa shape index (κ3) is 4.37. The number of hydrogen-bond donors (Lipinski definition) is 1. The number of nitrogens with zero attached hydrogens (tertiary/aromatic N) is 2. The van der Waals surface area contributed by atoms with Crippen LogP contribution in [-0.4, -0.2) is 38.3 Å². The maximum Gasteiger partial charge on any atom is 0.330 e. The van der Waals surface area contributed by atoms with E-state index in [1.807, 2.05) is 66.7 Å². The van der Waals surface area contributed by atoms with Crippen LogP contribution in [0.15, 0.2) is 84.4 Å². The minimum Gasteiger partial charge on any atom is -0.478 e. The van der Waals surface area contributed by atoms with E-state index < -0.39 is 17.5 Å². The van der Waals surface area contributed by atoms with Crippen molar-refractivity contribution < 1.29 is 24.2 Å². The maximum atomic E-state index is 14.7. The van der Waals surface area contributed by atoms with Crippen molar-refractivity contribution in [2.75, 3.05) is 0 Å². The highest BCUT2D eigenvalue weighted by Gasteiger charge is 2.51. The van der Waals surface area contributed by atoms with Crippen molar-refractivity contribution >= 4 is 52.0 Å². The molecular weight excluding hydrogens is 576 g/mol. The second kappa shape index (κ2) is 10.7. The molecule has 7 heteroatoms. The highest BCUT2D eigenvalue weighted by molar-refractivity contribution is 6.10. The van der Waals surface area contributed by atoms with E-state index >= 15 is 0 Å². The van der Waals surface area contributed by atoms with Crippen molar-refractivity contribution in [3.63, 3.8) is 0 Å². The fourth-order valence-electron chi connectivity index (χ4n) is 7.85. The highest BCUT2D eigenvalue weighted by Crippen LogP contribution is 2.51. The Balaban J connectivity index is 1.28. The van der Waals surface area contributed by atoms with Crippen LogP contribution in [0.2, 0.25) is 0 Å². The van der Waals surface area contributed by atoms with Gasteiger partial charge in [-0.3, -0.25) is 9.59 Å². The molecule has 8 rings (SSSR count). The molecule has 46 heavy (non-hydrogen) atoms. The molecule has 2 heterocycles. The summed E-state index contributed by atoms with van der Waals surface area (Å²) in [6.07, 6.45) is 6.87. The van der Waals surface area contributed by atoms with Gasteiger partial charge in [0.05, 0.1) is 41.6 Å². The van der Waals surface area contributed by atoms with Crippen molar-refractivity contribution in [1.29, 1.82) is 0 Å². The van der Waals surface area contributed by atoms with E-state index in [1.54, 1.807) is 4.90 Å². The Bertz CT molecular complexity index is 2180. The molecule has 0 saturated heterocycles. The first kappa shape index (κ1) is 28.3. The van der Waals surface area contributed by atoms with Gasteiger partial charge in [-0.2, -0.15) is 0 Å². The average molecular weight is 609 g/mol. The molecule has 4 aliphatic rings. The highest BCUT2D eigenvalue weighted by atomic mass is 16.5. The second-order valence-corrected chi connectivity index (χ2v) is 12.5. The van der Waals surface area contributed by atoms with Gasteiger partial charge >= 0.3 is 5.97 Å². The topological polar surface area (TPSA) is 96.8 Å². The fraction of sp³-hybridized carbons (Fsp3) is 0.231. The van der Waals surface area contributed by atoms with Crippen LogP contribution >= 0.6 is 0 Å². The Kier molecular flexibility index (Phi) is 6.62. The first-order chi connectivity index (χ1) is 22.4. The van der Waals surface area contributed by atoms with Crippen LogP contribution in [0.4, 0.5) is 0 Å². The number of aromatic nitrogens is 1. The number of benzene rings is 3. The van der Waals surface area contributed by atoms with Gasteiger partial charge in [0, 0.05) is 35.4 Å². The number of para-hydroxylation sites is 1. The van der Waals surface area contributed by atoms with Crippen molar-refractivity contribution in [1.82, 2.24) is 9.88 Å². The molecule has 1 aromatic heterocycles. The van der Waals surface area contributed by atoms with E-state index in [1.165, 1.54) is 0 Å². The predicted molar refractivity (Wildman–Crippen MR) is 175 cm³/mol. The molecule has 4 aromatic rings. The second-order valence-electron chi connectivity index (χ2n) is 12.5. The van der Waals surface area contributed by atoms with Gasteiger partial charge in [0.15, 0.2) is 0 Å². The molecular formula is C39H32N2O5. The molecule has 3 aliphatic carbocycles. The fourth-order valence-corrected chi connectivity index (χ4v) is 7.85. The van der Waals surface area contributed by atoms with Crippen molar-refractivity contribution in [2.24, 2.45) is 0 Å². The normalized spacial score (nSPS) is 21.9. The third-order valence-corrected chi connectivity index (χ3v) is 10.0. The molecule has 0 bridgehead atoms. The molecule has 2 unspecified atom stereocenters. The van der Waals surface area contributed by atoms with Gasteiger partial charge in [-0.05, 0) is 57.7 Å². The number of carboxylic acids is 1. The Morgan fingerprint density at radius 2 is 1.78 bits per heavy atom. The number of rotatable bonds is 6. The van der Waals surface area contributed by atoms with Gasteiger partial charge in [0.1, 0.15) is 5.78 Å². The third-order valence-electron chi connectivity index (χ3n) is 10.0. The zero-order valence-electron chi connectivity index (χ0n) is 25.5. The summed E-state index contributed by atoms with van der Waals surface area (Å²) in [4.78, 5) is 46.9. The number of ketones is 1. The summed E-state index contributed by atoms with van der Waals surface area (Å²) in [7, 11) is 0. The van der Waals surface area contributed by atoms with Gasteiger partial charge in [-0.15, -0.1) is 0 Å². The minimum absolute atomic E-state index is 0.133. The molecule has 0 fully saturated rings. The molecule has 228 valence electrons. The van der Waals surface area contributed by atoms with Crippen LogP contribution in [0, 0.1) is 0 Å². The molecule has 0 radical (unpaired) electrons. The van der Waals surface area contributed by atoms with Crippen LogP contribution in [-0.2, 0) is 32.3 Å². The molecule has 0 spiro atoms. The number of aliphatic carboxylic acids is 1. The van der Waals surface area contributed by atoms with Crippen molar-refractivity contribution in [3.05, 3.63) is 123 Å². The zero-order valence-corrected chi connectivity index (χ0v) is 25.5.